The molecule has 1 aliphatic rings. The molecule has 1 saturated heterocycles. The fraction of sp³-hybridized carbons (Fsp3) is 0.600. The second-order valence-corrected chi connectivity index (χ2v) is 5.07. The smallest absolute Gasteiger partial charge is 0.0509 e. The molecule has 0 saturated carbocycles. The van der Waals surface area contributed by atoms with E-state index in [1.165, 1.54) is 24.0 Å². The summed E-state index contributed by atoms with van der Waals surface area (Å²) in [4.78, 5) is 0. The Labute approximate surface area is 104 Å². The van der Waals surface area contributed by atoms with E-state index in [2.05, 4.69) is 43.6 Å². The highest BCUT2D eigenvalue weighted by Gasteiger charge is 2.22. The standard InChI is InChI=1S/C15H23NO/c1-12-5-3-6-13(9-12)10-15(16-2)14-7-4-8-17-11-14/h3,5-6,9,14-16H,4,7-8,10-11H2,1-2H3. The summed E-state index contributed by atoms with van der Waals surface area (Å²) in [5.41, 5.74) is 2.77. The van der Waals surface area contributed by atoms with Crippen molar-refractivity contribution < 1.29 is 4.74 Å². The summed E-state index contributed by atoms with van der Waals surface area (Å²) in [6, 6.07) is 9.35. The molecule has 2 unspecified atom stereocenters. The molecular weight excluding hydrogens is 210 g/mol. The second-order valence-electron chi connectivity index (χ2n) is 5.07. The van der Waals surface area contributed by atoms with Gasteiger partial charge in [0.15, 0.2) is 0 Å². The van der Waals surface area contributed by atoms with E-state index in [4.69, 9.17) is 4.74 Å². The van der Waals surface area contributed by atoms with Crippen LogP contribution in [0.15, 0.2) is 24.3 Å². The first kappa shape index (κ1) is 12.6. The Hall–Kier alpha value is -0.860. The first-order valence-electron chi connectivity index (χ1n) is 6.60. The maximum absolute atomic E-state index is 5.59. The van der Waals surface area contributed by atoms with E-state index in [1.807, 2.05) is 0 Å². The van der Waals surface area contributed by atoms with Gasteiger partial charge in [-0.1, -0.05) is 29.8 Å². The van der Waals surface area contributed by atoms with Crippen molar-refractivity contribution in [3.05, 3.63) is 35.4 Å². The molecule has 0 aliphatic carbocycles. The zero-order chi connectivity index (χ0) is 12.1. The van der Waals surface area contributed by atoms with Crippen LogP contribution in [0, 0.1) is 12.8 Å². The third kappa shape index (κ3) is 3.55. The molecule has 2 heteroatoms. The molecule has 2 nitrogen and oxygen atoms in total. The number of benzene rings is 1. The first-order valence-corrected chi connectivity index (χ1v) is 6.60. The summed E-state index contributed by atoms with van der Waals surface area (Å²) in [7, 11) is 2.06. The number of likely N-dealkylation sites (N-methyl/N-ethyl adjacent to an activating group) is 1. The molecule has 1 fully saturated rings. The van der Waals surface area contributed by atoms with Crippen LogP contribution in [0.4, 0.5) is 0 Å². The highest BCUT2D eigenvalue weighted by atomic mass is 16.5. The van der Waals surface area contributed by atoms with E-state index in [9.17, 15) is 0 Å². The van der Waals surface area contributed by atoms with Crippen LogP contribution in [0.1, 0.15) is 24.0 Å². The highest BCUT2D eigenvalue weighted by molar-refractivity contribution is 5.23. The average molecular weight is 233 g/mol. The van der Waals surface area contributed by atoms with Crippen LogP contribution in [0.2, 0.25) is 0 Å². The van der Waals surface area contributed by atoms with Gasteiger partial charge in [-0.3, -0.25) is 0 Å². The molecule has 1 aromatic rings. The second kappa shape index (κ2) is 6.18. The molecule has 1 aromatic carbocycles. The molecule has 0 amide bonds. The quantitative estimate of drug-likeness (QED) is 0.863. The van der Waals surface area contributed by atoms with Gasteiger partial charge in [0.05, 0.1) is 6.61 Å². The van der Waals surface area contributed by atoms with Crippen LogP contribution in [0.5, 0.6) is 0 Å². The summed E-state index contributed by atoms with van der Waals surface area (Å²) in [6.07, 6.45) is 3.60. The number of aryl methyl sites for hydroxylation is 1. The minimum absolute atomic E-state index is 0.539. The molecule has 1 N–H and O–H groups in total. The van der Waals surface area contributed by atoms with E-state index >= 15 is 0 Å². The van der Waals surface area contributed by atoms with Gasteiger partial charge in [0.2, 0.25) is 0 Å². The van der Waals surface area contributed by atoms with Crippen LogP contribution in [0.3, 0.4) is 0 Å². The van der Waals surface area contributed by atoms with Crippen LogP contribution in [0.25, 0.3) is 0 Å². The van der Waals surface area contributed by atoms with Gasteiger partial charge < -0.3 is 10.1 Å². The van der Waals surface area contributed by atoms with Gasteiger partial charge in [-0.15, -0.1) is 0 Å². The molecule has 2 rings (SSSR count). The summed E-state index contributed by atoms with van der Waals surface area (Å²) in [5.74, 6) is 0.661. The van der Waals surface area contributed by atoms with Gasteiger partial charge in [0.1, 0.15) is 0 Å². The fourth-order valence-corrected chi connectivity index (χ4v) is 2.68. The van der Waals surface area contributed by atoms with Crippen molar-refractivity contribution in [3.63, 3.8) is 0 Å². The van der Waals surface area contributed by atoms with Crippen molar-refractivity contribution in [2.45, 2.75) is 32.2 Å². The Balaban J connectivity index is 1.98. The van der Waals surface area contributed by atoms with E-state index in [-0.39, 0.29) is 0 Å². The van der Waals surface area contributed by atoms with Crippen molar-refractivity contribution in [3.8, 4) is 0 Å². The van der Waals surface area contributed by atoms with Crippen LogP contribution in [-0.4, -0.2) is 26.3 Å². The molecule has 0 aromatic heterocycles. The van der Waals surface area contributed by atoms with E-state index in [0.717, 1.165) is 19.6 Å². The Bertz CT molecular complexity index is 345. The predicted molar refractivity (Wildman–Crippen MR) is 71.3 cm³/mol. The number of nitrogens with one attached hydrogen (secondary N) is 1. The fourth-order valence-electron chi connectivity index (χ4n) is 2.68. The number of hydrogen-bond acceptors (Lipinski definition) is 2. The van der Waals surface area contributed by atoms with Gasteiger partial charge in [0, 0.05) is 12.6 Å². The monoisotopic (exact) mass is 233 g/mol. The number of ether oxygens (including phenoxy) is 1. The molecule has 0 radical (unpaired) electrons. The highest BCUT2D eigenvalue weighted by Crippen LogP contribution is 2.20. The van der Waals surface area contributed by atoms with Crippen LogP contribution < -0.4 is 5.32 Å². The Kier molecular flexibility index (Phi) is 4.57. The lowest BCUT2D eigenvalue weighted by molar-refractivity contribution is 0.0405. The van der Waals surface area contributed by atoms with E-state index in [1.54, 1.807) is 0 Å². The predicted octanol–water partition coefficient (Wildman–Crippen LogP) is 2.55. The topological polar surface area (TPSA) is 21.3 Å². The van der Waals surface area contributed by atoms with Gasteiger partial charge in [-0.05, 0) is 44.7 Å². The summed E-state index contributed by atoms with van der Waals surface area (Å²) < 4.78 is 5.59. The lowest BCUT2D eigenvalue weighted by Gasteiger charge is -2.30. The van der Waals surface area contributed by atoms with Gasteiger partial charge in [-0.25, -0.2) is 0 Å². The summed E-state index contributed by atoms with van der Waals surface area (Å²) >= 11 is 0. The maximum Gasteiger partial charge on any atom is 0.0509 e. The van der Waals surface area contributed by atoms with Crippen molar-refractivity contribution in [2.24, 2.45) is 5.92 Å². The lowest BCUT2D eigenvalue weighted by atomic mass is 9.89. The Morgan fingerprint density at radius 3 is 3.00 bits per heavy atom. The third-order valence-corrected chi connectivity index (χ3v) is 3.67. The molecule has 1 heterocycles. The minimum Gasteiger partial charge on any atom is -0.381 e. The molecule has 0 bridgehead atoms. The first-order chi connectivity index (χ1) is 8.29. The van der Waals surface area contributed by atoms with Crippen molar-refractivity contribution in [1.82, 2.24) is 5.32 Å². The zero-order valence-electron chi connectivity index (χ0n) is 10.9. The molecule has 2 atom stereocenters. The SMILES string of the molecule is CNC(Cc1cccc(C)c1)C1CCCOC1. The van der Waals surface area contributed by atoms with Crippen molar-refractivity contribution >= 4 is 0 Å². The molecule has 1 aliphatic heterocycles. The van der Waals surface area contributed by atoms with Crippen LogP contribution in [-0.2, 0) is 11.2 Å². The average Bonchev–Trinajstić information content (AvgIpc) is 2.37. The van der Waals surface area contributed by atoms with Gasteiger partial charge in [-0.2, -0.15) is 0 Å². The Morgan fingerprint density at radius 2 is 2.35 bits per heavy atom. The molecular formula is C15H23NO. The molecule has 94 valence electrons. The third-order valence-electron chi connectivity index (χ3n) is 3.67. The van der Waals surface area contributed by atoms with Gasteiger partial charge in [0.25, 0.3) is 0 Å². The largest absolute Gasteiger partial charge is 0.381 e. The molecule has 0 spiro atoms. The van der Waals surface area contributed by atoms with Crippen molar-refractivity contribution in [2.75, 3.05) is 20.3 Å². The zero-order valence-corrected chi connectivity index (χ0v) is 10.9. The van der Waals surface area contributed by atoms with E-state index < -0.39 is 0 Å². The Morgan fingerprint density at radius 1 is 1.47 bits per heavy atom. The summed E-state index contributed by atoms with van der Waals surface area (Å²) in [5, 5.41) is 3.46. The minimum atomic E-state index is 0.539. The molecule has 17 heavy (non-hydrogen) atoms. The number of rotatable bonds is 4. The van der Waals surface area contributed by atoms with Gasteiger partial charge >= 0.3 is 0 Å². The van der Waals surface area contributed by atoms with E-state index in [0.29, 0.717) is 12.0 Å². The lowest BCUT2D eigenvalue weighted by Crippen LogP contribution is -2.39. The van der Waals surface area contributed by atoms with Crippen molar-refractivity contribution in [1.29, 1.82) is 0 Å². The maximum atomic E-state index is 5.59. The van der Waals surface area contributed by atoms with Crippen LogP contribution >= 0.6 is 0 Å². The summed E-state index contributed by atoms with van der Waals surface area (Å²) in [6.45, 7) is 4.01. The number of hydrogen-bond donors (Lipinski definition) is 1. The normalized spacial score (nSPS) is 22.4.